The van der Waals surface area contributed by atoms with E-state index in [4.69, 9.17) is 0 Å². The number of hydrogen-bond donors (Lipinski definition) is 0. The highest BCUT2D eigenvalue weighted by Gasteiger charge is 2.71. The maximum atomic E-state index is 12.2. The van der Waals surface area contributed by atoms with E-state index in [1.165, 1.54) is 6.92 Å². The van der Waals surface area contributed by atoms with Gasteiger partial charge in [-0.15, -0.1) is 0 Å². The van der Waals surface area contributed by atoms with Crippen LogP contribution in [0.3, 0.4) is 0 Å². The summed E-state index contributed by atoms with van der Waals surface area (Å²) >= 11 is 0. The lowest BCUT2D eigenvalue weighted by Gasteiger charge is -2.50. The highest BCUT2D eigenvalue weighted by Crippen LogP contribution is 2.63. The second-order valence-corrected chi connectivity index (χ2v) is 7.48. The Hall–Kier alpha value is -4.20. The van der Waals surface area contributed by atoms with Crippen molar-refractivity contribution >= 4 is 0 Å². The van der Waals surface area contributed by atoms with E-state index >= 15 is 0 Å². The molecule has 0 aromatic heterocycles. The van der Waals surface area contributed by atoms with E-state index in [2.05, 4.69) is 0 Å². The van der Waals surface area contributed by atoms with Crippen molar-refractivity contribution in [3.63, 3.8) is 0 Å². The number of rotatable bonds is 3. The maximum Gasteiger partial charge on any atom is 0.227 e. The van der Waals surface area contributed by atoms with Crippen molar-refractivity contribution in [3.8, 4) is 24.3 Å². The first-order chi connectivity index (χ1) is 14.4. The first kappa shape index (κ1) is 20.5. The second-order valence-electron chi connectivity index (χ2n) is 7.48. The Balaban J connectivity index is 2.47. The summed E-state index contributed by atoms with van der Waals surface area (Å²) in [6.45, 7) is 1.49. The van der Waals surface area contributed by atoms with Crippen LogP contribution in [0.25, 0.3) is 0 Å². The molecule has 0 amide bonds. The van der Waals surface area contributed by atoms with Gasteiger partial charge in [0, 0.05) is 10.8 Å². The third kappa shape index (κ3) is 2.69. The SMILES string of the molecule is C[C@@H]1[C@H]([N+](=O)[O-])[C@@H](c2ccccc2)C(C#N)(C#N)[C@@H](c2ccccc2)C1(C#N)C#N. The molecule has 0 aliphatic heterocycles. The Kier molecular flexibility index (Phi) is 5.25. The molecule has 0 heterocycles. The molecular formula is C23H17N5O2. The van der Waals surface area contributed by atoms with Gasteiger partial charge in [-0.2, -0.15) is 21.0 Å². The summed E-state index contributed by atoms with van der Waals surface area (Å²) in [6.07, 6.45) is 0. The van der Waals surface area contributed by atoms with E-state index in [-0.39, 0.29) is 0 Å². The van der Waals surface area contributed by atoms with Crippen molar-refractivity contribution in [2.75, 3.05) is 0 Å². The van der Waals surface area contributed by atoms with Crippen LogP contribution < -0.4 is 0 Å². The minimum Gasteiger partial charge on any atom is -0.264 e. The molecule has 2 aromatic rings. The Morgan fingerprint density at radius 2 is 1.23 bits per heavy atom. The summed E-state index contributed by atoms with van der Waals surface area (Å²) in [6, 6.07) is 23.4. The van der Waals surface area contributed by atoms with E-state index in [0.717, 1.165) is 0 Å². The molecule has 1 saturated carbocycles. The summed E-state index contributed by atoms with van der Waals surface area (Å²) < 4.78 is 0. The zero-order chi connectivity index (χ0) is 21.9. The normalized spacial score (nSPS) is 26.2. The van der Waals surface area contributed by atoms with Crippen LogP contribution in [0, 0.1) is 72.2 Å². The Labute approximate surface area is 174 Å². The molecule has 0 saturated heterocycles. The molecule has 1 aliphatic carbocycles. The lowest BCUT2D eigenvalue weighted by molar-refractivity contribution is -0.545. The van der Waals surface area contributed by atoms with Crippen molar-refractivity contribution in [1.82, 2.24) is 0 Å². The van der Waals surface area contributed by atoms with Gasteiger partial charge in [-0.3, -0.25) is 10.1 Å². The van der Waals surface area contributed by atoms with Gasteiger partial charge in [0.05, 0.1) is 36.1 Å². The molecule has 0 N–H and O–H groups in total. The standard InChI is InChI=1S/C23H17N5O2/c1-16-20(28(29)30)19(17-8-4-2-5-9-17)23(14-26,15-27)21(22(16,12-24)13-25)18-10-6-3-7-11-18/h2-11,16,19-21H,1H3/t16-,19-,20+,21+/m1/s1. The fourth-order valence-electron chi connectivity index (χ4n) is 4.88. The van der Waals surface area contributed by atoms with Crippen LogP contribution in [0.2, 0.25) is 0 Å². The van der Waals surface area contributed by atoms with Crippen LogP contribution in [0.5, 0.6) is 0 Å². The lowest BCUT2D eigenvalue weighted by atomic mass is 9.45. The van der Waals surface area contributed by atoms with Crippen molar-refractivity contribution in [2.45, 2.75) is 24.8 Å². The van der Waals surface area contributed by atoms with Crippen LogP contribution in [0.4, 0.5) is 0 Å². The second kappa shape index (κ2) is 7.67. The van der Waals surface area contributed by atoms with Gasteiger partial charge in [-0.1, -0.05) is 67.6 Å². The maximum absolute atomic E-state index is 12.2. The minimum atomic E-state index is -2.00. The van der Waals surface area contributed by atoms with Gasteiger partial charge in [0.25, 0.3) is 0 Å². The number of nitro groups is 1. The number of benzene rings is 2. The van der Waals surface area contributed by atoms with E-state index in [1.807, 2.05) is 24.3 Å². The topological polar surface area (TPSA) is 138 Å². The number of nitrogens with zero attached hydrogens (tertiary/aromatic N) is 5. The molecule has 4 atom stereocenters. The molecule has 1 fully saturated rings. The van der Waals surface area contributed by atoms with Crippen molar-refractivity contribution in [1.29, 1.82) is 21.0 Å². The first-order valence-corrected chi connectivity index (χ1v) is 9.32. The Morgan fingerprint density at radius 1 is 0.800 bits per heavy atom. The summed E-state index contributed by atoms with van der Waals surface area (Å²) in [5, 5.41) is 53.0. The van der Waals surface area contributed by atoms with Crippen LogP contribution in [-0.2, 0) is 0 Å². The van der Waals surface area contributed by atoms with E-state index in [9.17, 15) is 31.2 Å². The third-order valence-corrected chi connectivity index (χ3v) is 6.25. The Morgan fingerprint density at radius 3 is 1.63 bits per heavy atom. The van der Waals surface area contributed by atoms with Crippen molar-refractivity contribution in [3.05, 3.63) is 81.9 Å². The van der Waals surface area contributed by atoms with Crippen molar-refractivity contribution < 1.29 is 4.92 Å². The van der Waals surface area contributed by atoms with Gasteiger partial charge >= 0.3 is 0 Å². The van der Waals surface area contributed by atoms with Crippen molar-refractivity contribution in [2.24, 2.45) is 16.7 Å². The highest BCUT2D eigenvalue weighted by atomic mass is 16.6. The van der Waals surface area contributed by atoms with Crippen LogP contribution >= 0.6 is 0 Å². The van der Waals surface area contributed by atoms with Gasteiger partial charge in [0.15, 0.2) is 10.8 Å². The molecular weight excluding hydrogens is 378 g/mol. The summed E-state index contributed by atoms with van der Waals surface area (Å²) in [5.74, 6) is -3.32. The largest absolute Gasteiger partial charge is 0.264 e. The van der Waals surface area contributed by atoms with Gasteiger partial charge in [-0.25, -0.2) is 0 Å². The first-order valence-electron chi connectivity index (χ1n) is 9.32. The molecule has 2 aromatic carbocycles. The predicted molar refractivity (Wildman–Crippen MR) is 106 cm³/mol. The number of nitriles is 4. The molecule has 7 heteroatoms. The zero-order valence-electron chi connectivity index (χ0n) is 16.1. The molecule has 0 bridgehead atoms. The third-order valence-electron chi connectivity index (χ3n) is 6.25. The monoisotopic (exact) mass is 395 g/mol. The van der Waals surface area contributed by atoms with Gasteiger partial charge in [0.1, 0.15) is 0 Å². The smallest absolute Gasteiger partial charge is 0.227 e. The summed E-state index contributed by atoms with van der Waals surface area (Å²) in [5.41, 5.74) is -3.02. The van der Waals surface area contributed by atoms with Gasteiger partial charge in [-0.05, 0) is 11.1 Å². The van der Waals surface area contributed by atoms with E-state index < -0.39 is 39.5 Å². The molecule has 1 aliphatic rings. The van der Waals surface area contributed by atoms with Gasteiger partial charge in [0.2, 0.25) is 6.04 Å². The molecule has 146 valence electrons. The highest BCUT2D eigenvalue weighted by molar-refractivity contribution is 5.47. The van der Waals surface area contributed by atoms with Crippen LogP contribution in [0.1, 0.15) is 29.9 Å². The quantitative estimate of drug-likeness (QED) is 0.570. The molecule has 0 unspecified atom stereocenters. The summed E-state index contributed by atoms with van der Waals surface area (Å²) in [4.78, 5) is 11.6. The number of hydrogen-bond acceptors (Lipinski definition) is 6. The molecule has 0 radical (unpaired) electrons. The fourth-order valence-corrected chi connectivity index (χ4v) is 4.88. The summed E-state index contributed by atoms with van der Waals surface area (Å²) in [7, 11) is 0. The average molecular weight is 395 g/mol. The lowest BCUT2D eigenvalue weighted by Crippen LogP contribution is -2.59. The minimum absolute atomic E-state index is 0.457. The fraction of sp³-hybridized carbons (Fsp3) is 0.304. The molecule has 0 spiro atoms. The molecule has 30 heavy (non-hydrogen) atoms. The average Bonchev–Trinajstić information content (AvgIpc) is 2.79. The van der Waals surface area contributed by atoms with Crippen LogP contribution in [-0.4, -0.2) is 11.0 Å². The van der Waals surface area contributed by atoms with E-state index in [0.29, 0.717) is 11.1 Å². The van der Waals surface area contributed by atoms with Gasteiger partial charge < -0.3 is 0 Å². The van der Waals surface area contributed by atoms with Crippen LogP contribution in [0.15, 0.2) is 60.7 Å². The van der Waals surface area contributed by atoms with E-state index in [1.54, 1.807) is 60.7 Å². The molecule has 7 nitrogen and oxygen atoms in total. The predicted octanol–water partition coefficient (Wildman–Crippen LogP) is 3.92. The Bertz CT molecular complexity index is 1090. The zero-order valence-corrected chi connectivity index (χ0v) is 16.1. The molecule has 3 rings (SSSR count).